The van der Waals surface area contributed by atoms with Gasteiger partial charge < -0.3 is 10.8 Å². The first kappa shape index (κ1) is 11.5. The molecule has 0 amide bonds. The van der Waals surface area contributed by atoms with Gasteiger partial charge >= 0.3 is 5.97 Å². The van der Waals surface area contributed by atoms with E-state index in [0.717, 1.165) is 32.1 Å². The SMILES string of the molecule is CCCC(N)(C(=O)O)C1CCCCC1. The zero-order valence-corrected chi connectivity index (χ0v) is 8.96. The maximum Gasteiger partial charge on any atom is 0.323 e. The van der Waals surface area contributed by atoms with Crippen molar-refractivity contribution in [2.24, 2.45) is 11.7 Å². The summed E-state index contributed by atoms with van der Waals surface area (Å²) < 4.78 is 0. The van der Waals surface area contributed by atoms with Crippen LogP contribution < -0.4 is 5.73 Å². The van der Waals surface area contributed by atoms with E-state index in [1.807, 2.05) is 6.92 Å². The monoisotopic (exact) mass is 199 g/mol. The van der Waals surface area contributed by atoms with Gasteiger partial charge in [-0.1, -0.05) is 32.6 Å². The lowest BCUT2D eigenvalue weighted by Crippen LogP contribution is -2.54. The number of hydrogen-bond donors (Lipinski definition) is 2. The Hall–Kier alpha value is -0.570. The second-order valence-electron chi connectivity index (χ2n) is 4.43. The van der Waals surface area contributed by atoms with Crippen LogP contribution in [0.4, 0.5) is 0 Å². The number of hydrogen-bond acceptors (Lipinski definition) is 2. The first-order chi connectivity index (χ1) is 6.61. The molecule has 0 radical (unpaired) electrons. The lowest BCUT2D eigenvalue weighted by molar-refractivity contribution is -0.146. The first-order valence-electron chi connectivity index (χ1n) is 5.63. The Balaban J connectivity index is 2.69. The van der Waals surface area contributed by atoms with Crippen LogP contribution in [0.3, 0.4) is 0 Å². The number of carboxylic acids is 1. The van der Waals surface area contributed by atoms with Crippen LogP contribution in [0.2, 0.25) is 0 Å². The van der Waals surface area contributed by atoms with Crippen LogP contribution in [-0.4, -0.2) is 16.6 Å². The topological polar surface area (TPSA) is 63.3 Å². The second-order valence-corrected chi connectivity index (χ2v) is 4.43. The van der Waals surface area contributed by atoms with Gasteiger partial charge in [-0.05, 0) is 25.2 Å². The molecule has 3 heteroatoms. The molecule has 3 N–H and O–H groups in total. The summed E-state index contributed by atoms with van der Waals surface area (Å²) in [5.41, 5.74) is 5.06. The molecule has 0 aromatic rings. The van der Waals surface area contributed by atoms with Crippen LogP contribution in [0.25, 0.3) is 0 Å². The summed E-state index contributed by atoms with van der Waals surface area (Å²) in [6, 6.07) is 0. The van der Waals surface area contributed by atoms with Crippen molar-refractivity contribution >= 4 is 5.97 Å². The molecule has 14 heavy (non-hydrogen) atoms. The van der Waals surface area contributed by atoms with E-state index in [1.165, 1.54) is 6.42 Å². The van der Waals surface area contributed by atoms with Gasteiger partial charge in [-0.25, -0.2) is 0 Å². The maximum atomic E-state index is 11.2. The summed E-state index contributed by atoms with van der Waals surface area (Å²) >= 11 is 0. The van der Waals surface area contributed by atoms with Crippen molar-refractivity contribution in [3.8, 4) is 0 Å². The van der Waals surface area contributed by atoms with Crippen LogP contribution in [0.1, 0.15) is 51.9 Å². The molecule has 1 fully saturated rings. The first-order valence-corrected chi connectivity index (χ1v) is 5.63. The molecule has 1 atom stereocenters. The zero-order chi connectivity index (χ0) is 10.6. The van der Waals surface area contributed by atoms with Gasteiger partial charge in [0.1, 0.15) is 5.54 Å². The molecule has 0 heterocycles. The highest BCUT2D eigenvalue weighted by molar-refractivity contribution is 5.78. The number of carbonyl (C=O) groups is 1. The van der Waals surface area contributed by atoms with Crippen molar-refractivity contribution in [2.75, 3.05) is 0 Å². The number of rotatable bonds is 4. The standard InChI is InChI=1S/C11H21NO2/c1-2-8-11(12,10(13)14)9-6-4-3-5-7-9/h9H,2-8,12H2,1H3,(H,13,14). The van der Waals surface area contributed by atoms with E-state index < -0.39 is 11.5 Å². The lowest BCUT2D eigenvalue weighted by Gasteiger charge is -2.36. The quantitative estimate of drug-likeness (QED) is 0.729. The van der Waals surface area contributed by atoms with Crippen molar-refractivity contribution in [3.05, 3.63) is 0 Å². The van der Waals surface area contributed by atoms with Crippen molar-refractivity contribution < 1.29 is 9.90 Å². The third-order valence-electron chi connectivity index (χ3n) is 3.40. The Kier molecular flexibility index (Phi) is 3.93. The van der Waals surface area contributed by atoms with Gasteiger partial charge in [0.25, 0.3) is 0 Å². The summed E-state index contributed by atoms with van der Waals surface area (Å²) in [4.78, 5) is 11.2. The number of nitrogens with two attached hydrogens (primary N) is 1. The van der Waals surface area contributed by atoms with Gasteiger partial charge in [-0.15, -0.1) is 0 Å². The molecule has 0 bridgehead atoms. The smallest absolute Gasteiger partial charge is 0.323 e. The molecule has 3 nitrogen and oxygen atoms in total. The van der Waals surface area contributed by atoms with Crippen LogP contribution in [0.5, 0.6) is 0 Å². The van der Waals surface area contributed by atoms with Gasteiger partial charge in [0.05, 0.1) is 0 Å². The van der Waals surface area contributed by atoms with Crippen molar-refractivity contribution in [2.45, 2.75) is 57.4 Å². The highest BCUT2D eigenvalue weighted by Crippen LogP contribution is 2.34. The summed E-state index contributed by atoms with van der Waals surface area (Å²) in [5, 5.41) is 9.19. The molecule has 1 aliphatic rings. The molecule has 0 saturated heterocycles. The van der Waals surface area contributed by atoms with Gasteiger partial charge in [-0.2, -0.15) is 0 Å². The lowest BCUT2D eigenvalue weighted by atomic mass is 9.73. The summed E-state index contributed by atoms with van der Waals surface area (Å²) in [7, 11) is 0. The summed E-state index contributed by atoms with van der Waals surface area (Å²) in [6.07, 6.45) is 6.94. The Morgan fingerprint density at radius 3 is 2.43 bits per heavy atom. The van der Waals surface area contributed by atoms with Crippen LogP contribution >= 0.6 is 0 Å². The van der Waals surface area contributed by atoms with E-state index in [4.69, 9.17) is 5.73 Å². The predicted octanol–water partition coefficient (Wildman–Crippen LogP) is 2.15. The Bertz CT molecular complexity index is 199. The average Bonchev–Trinajstić information content (AvgIpc) is 2.19. The highest BCUT2D eigenvalue weighted by atomic mass is 16.4. The Labute approximate surface area is 85.7 Å². The second kappa shape index (κ2) is 4.78. The molecule has 1 rings (SSSR count). The molecule has 82 valence electrons. The highest BCUT2D eigenvalue weighted by Gasteiger charge is 2.41. The van der Waals surface area contributed by atoms with Crippen molar-refractivity contribution in [1.82, 2.24) is 0 Å². The van der Waals surface area contributed by atoms with Crippen molar-refractivity contribution in [3.63, 3.8) is 0 Å². The molecule has 0 aliphatic heterocycles. The molecule has 0 aromatic heterocycles. The number of aliphatic carboxylic acids is 1. The third kappa shape index (κ3) is 2.27. The van der Waals surface area contributed by atoms with E-state index in [1.54, 1.807) is 0 Å². The molecule has 0 spiro atoms. The Morgan fingerprint density at radius 2 is 2.00 bits per heavy atom. The normalized spacial score (nSPS) is 23.0. The van der Waals surface area contributed by atoms with E-state index >= 15 is 0 Å². The Morgan fingerprint density at radius 1 is 1.43 bits per heavy atom. The minimum absolute atomic E-state index is 0.189. The maximum absolute atomic E-state index is 11.2. The summed E-state index contributed by atoms with van der Waals surface area (Å²) in [5.74, 6) is -0.625. The fourth-order valence-corrected chi connectivity index (χ4v) is 2.52. The van der Waals surface area contributed by atoms with E-state index in [-0.39, 0.29) is 5.92 Å². The van der Waals surface area contributed by atoms with Crippen molar-refractivity contribution in [1.29, 1.82) is 0 Å². The number of carboxylic acid groups (broad SMARTS) is 1. The minimum Gasteiger partial charge on any atom is -0.480 e. The third-order valence-corrected chi connectivity index (χ3v) is 3.40. The minimum atomic E-state index is -0.963. The largest absolute Gasteiger partial charge is 0.480 e. The van der Waals surface area contributed by atoms with Gasteiger partial charge in [0, 0.05) is 0 Å². The van der Waals surface area contributed by atoms with E-state index in [0.29, 0.717) is 6.42 Å². The van der Waals surface area contributed by atoms with Crippen LogP contribution in [-0.2, 0) is 4.79 Å². The molecular weight excluding hydrogens is 178 g/mol. The van der Waals surface area contributed by atoms with Crippen LogP contribution in [0.15, 0.2) is 0 Å². The molecular formula is C11H21NO2. The van der Waals surface area contributed by atoms with Gasteiger partial charge in [0.15, 0.2) is 0 Å². The fourth-order valence-electron chi connectivity index (χ4n) is 2.52. The van der Waals surface area contributed by atoms with Gasteiger partial charge in [-0.3, -0.25) is 4.79 Å². The summed E-state index contributed by atoms with van der Waals surface area (Å²) in [6.45, 7) is 1.99. The molecule has 1 saturated carbocycles. The fraction of sp³-hybridized carbons (Fsp3) is 0.909. The molecule has 1 aliphatic carbocycles. The average molecular weight is 199 g/mol. The predicted molar refractivity (Wildman–Crippen MR) is 56.0 cm³/mol. The van der Waals surface area contributed by atoms with Crippen LogP contribution in [0, 0.1) is 5.92 Å². The zero-order valence-electron chi connectivity index (χ0n) is 8.96. The molecule has 1 unspecified atom stereocenters. The van der Waals surface area contributed by atoms with E-state index in [2.05, 4.69) is 0 Å². The molecule has 0 aromatic carbocycles. The van der Waals surface area contributed by atoms with Gasteiger partial charge in [0.2, 0.25) is 0 Å². The van der Waals surface area contributed by atoms with E-state index in [9.17, 15) is 9.90 Å².